The molecule has 2 aliphatic heterocycles. The molecule has 1 spiro atoms. The van der Waals surface area contributed by atoms with Gasteiger partial charge in [-0.2, -0.15) is 5.10 Å². The smallest absolute Gasteiger partial charge is 0.257 e. The van der Waals surface area contributed by atoms with Crippen molar-refractivity contribution in [3.63, 3.8) is 0 Å². The van der Waals surface area contributed by atoms with Gasteiger partial charge in [0.05, 0.1) is 11.8 Å². The van der Waals surface area contributed by atoms with Gasteiger partial charge in [-0.25, -0.2) is 0 Å². The molecule has 0 bridgehead atoms. The summed E-state index contributed by atoms with van der Waals surface area (Å²) in [5.74, 6) is 0.960. The summed E-state index contributed by atoms with van der Waals surface area (Å²) in [7, 11) is 0. The Morgan fingerprint density at radius 3 is 2.88 bits per heavy atom. The van der Waals surface area contributed by atoms with E-state index in [4.69, 9.17) is 0 Å². The molecule has 1 aromatic heterocycles. The summed E-state index contributed by atoms with van der Waals surface area (Å²) in [5.41, 5.74) is 1.68. The van der Waals surface area contributed by atoms with E-state index in [-0.39, 0.29) is 17.2 Å². The molecule has 1 atom stereocenters. The third-order valence-electron chi connectivity index (χ3n) is 5.98. The number of rotatable bonds is 5. The molecule has 1 N–H and O–H groups in total. The number of aromatic nitrogens is 2. The molecule has 6 heteroatoms. The van der Waals surface area contributed by atoms with E-state index in [1.165, 1.54) is 0 Å². The van der Waals surface area contributed by atoms with Crippen molar-refractivity contribution in [1.29, 1.82) is 0 Å². The first-order chi connectivity index (χ1) is 12.4. The Morgan fingerprint density at radius 2 is 2.15 bits per heavy atom. The van der Waals surface area contributed by atoms with E-state index in [1.54, 1.807) is 6.20 Å². The molecule has 0 aliphatic carbocycles. The van der Waals surface area contributed by atoms with Crippen molar-refractivity contribution in [2.24, 2.45) is 11.3 Å². The number of hydrogen-bond donors (Lipinski definition) is 1. The van der Waals surface area contributed by atoms with E-state index in [1.807, 2.05) is 16.7 Å². The zero-order chi connectivity index (χ0) is 18.7. The van der Waals surface area contributed by atoms with Crippen LogP contribution in [0.3, 0.4) is 0 Å². The number of aryl methyl sites for hydroxylation is 1. The van der Waals surface area contributed by atoms with Crippen LogP contribution in [0.25, 0.3) is 0 Å². The Labute approximate surface area is 156 Å². The van der Waals surface area contributed by atoms with Gasteiger partial charge in [0.15, 0.2) is 0 Å². The summed E-state index contributed by atoms with van der Waals surface area (Å²) in [6.45, 7) is 9.62. The largest absolute Gasteiger partial charge is 0.342 e. The Kier molecular flexibility index (Phi) is 5.68. The molecule has 2 aliphatic rings. The van der Waals surface area contributed by atoms with Gasteiger partial charge in [-0.3, -0.25) is 14.7 Å². The predicted molar refractivity (Wildman–Crippen MR) is 101 cm³/mol. The lowest BCUT2D eigenvalue weighted by Crippen LogP contribution is -2.55. The second-order valence-corrected chi connectivity index (χ2v) is 8.44. The number of hydrogen-bond acceptors (Lipinski definition) is 3. The zero-order valence-corrected chi connectivity index (χ0v) is 16.4. The van der Waals surface area contributed by atoms with E-state index in [0.29, 0.717) is 17.9 Å². The van der Waals surface area contributed by atoms with E-state index in [2.05, 4.69) is 24.0 Å². The first-order valence-corrected chi connectivity index (χ1v) is 10.0. The third kappa shape index (κ3) is 3.94. The van der Waals surface area contributed by atoms with Gasteiger partial charge in [-0.15, -0.1) is 0 Å². The summed E-state index contributed by atoms with van der Waals surface area (Å²) < 4.78 is 0. The molecule has 0 saturated carbocycles. The molecule has 0 radical (unpaired) electrons. The molecule has 6 nitrogen and oxygen atoms in total. The number of piperidine rings is 2. The van der Waals surface area contributed by atoms with E-state index < -0.39 is 0 Å². The first kappa shape index (κ1) is 18.9. The molecule has 2 amide bonds. The van der Waals surface area contributed by atoms with Crippen LogP contribution < -0.4 is 0 Å². The van der Waals surface area contributed by atoms with Gasteiger partial charge in [-0.05, 0) is 38.0 Å². The number of carbonyl (C=O) groups is 2. The van der Waals surface area contributed by atoms with Crippen molar-refractivity contribution in [1.82, 2.24) is 20.0 Å². The molecule has 144 valence electrons. The fourth-order valence-corrected chi connectivity index (χ4v) is 4.37. The number of amides is 2. The van der Waals surface area contributed by atoms with Gasteiger partial charge >= 0.3 is 0 Å². The van der Waals surface area contributed by atoms with E-state index in [0.717, 1.165) is 64.0 Å². The average Bonchev–Trinajstić information content (AvgIpc) is 3.11. The van der Waals surface area contributed by atoms with E-state index >= 15 is 0 Å². The quantitative estimate of drug-likeness (QED) is 0.878. The van der Waals surface area contributed by atoms with Crippen molar-refractivity contribution in [3.05, 3.63) is 17.5 Å². The minimum Gasteiger partial charge on any atom is -0.342 e. The van der Waals surface area contributed by atoms with Crippen LogP contribution in [0.2, 0.25) is 0 Å². The van der Waals surface area contributed by atoms with Crippen LogP contribution in [0.15, 0.2) is 6.20 Å². The highest BCUT2D eigenvalue weighted by atomic mass is 16.2. The lowest BCUT2D eigenvalue weighted by molar-refractivity contribution is -0.139. The maximum atomic E-state index is 13.0. The van der Waals surface area contributed by atoms with Gasteiger partial charge in [-0.1, -0.05) is 20.8 Å². The minimum atomic E-state index is 0.0644. The third-order valence-corrected chi connectivity index (χ3v) is 5.98. The standard InChI is InChI=1S/C20H32N4O2/c1-4-17-16(12-21-22-17)19(26)24-10-5-8-20(14-24)9-6-18(25)23(13-20)11-7-15(2)3/h12,15H,4-11,13-14H2,1-3H3,(H,21,22). The summed E-state index contributed by atoms with van der Waals surface area (Å²) >= 11 is 0. The molecule has 2 fully saturated rings. The molecule has 26 heavy (non-hydrogen) atoms. The predicted octanol–water partition coefficient (Wildman–Crippen LogP) is 2.86. The Bertz CT molecular complexity index is 654. The average molecular weight is 361 g/mol. The molecular formula is C20H32N4O2. The normalized spacial score (nSPS) is 23.9. The fourth-order valence-electron chi connectivity index (χ4n) is 4.37. The number of aromatic amines is 1. The Hall–Kier alpha value is -1.85. The highest BCUT2D eigenvalue weighted by Crippen LogP contribution is 2.39. The topological polar surface area (TPSA) is 69.3 Å². The molecule has 0 aromatic carbocycles. The van der Waals surface area contributed by atoms with Gasteiger partial charge in [0.2, 0.25) is 5.91 Å². The van der Waals surface area contributed by atoms with Crippen LogP contribution in [0, 0.1) is 11.3 Å². The Balaban J connectivity index is 1.70. The number of H-pyrrole nitrogens is 1. The highest BCUT2D eigenvalue weighted by Gasteiger charge is 2.43. The lowest BCUT2D eigenvalue weighted by atomic mass is 9.73. The monoisotopic (exact) mass is 360 g/mol. The second kappa shape index (κ2) is 7.80. The van der Waals surface area contributed by atoms with Crippen molar-refractivity contribution in [2.75, 3.05) is 26.2 Å². The summed E-state index contributed by atoms with van der Waals surface area (Å²) in [6.07, 6.45) is 7.11. The van der Waals surface area contributed by atoms with Crippen LogP contribution in [-0.2, 0) is 11.2 Å². The first-order valence-electron chi connectivity index (χ1n) is 10.0. The van der Waals surface area contributed by atoms with Crippen molar-refractivity contribution >= 4 is 11.8 Å². The van der Waals surface area contributed by atoms with E-state index in [9.17, 15) is 9.59 Å². The van der Waals surface area contributed by atoms with Gasteiger partial charge in [0.1, 0.15) is 0 Å². The molecule has 3 rings (SSSR count). The summed E-state index contributed by atoms with van der Waals surface area (Å²) in [5, 5.41) is 6.99. The molecule has 2 saturated heterocycles. The van der Waals surface area contributed by atoms with Crippen LogP contribution in [-0.4, -0.2) is 58.0 Å². The zero-order valence-electron chi connectivity index (χ0n) is 16.4. The van der Waals surface area contributed by atoms with Crippen LogP contribution in [0.5, 0.6) is 0 Å². The molecular weight excluding hydrogens is 328 g/mol. The van der Waals surface area contributed by atoms with Gasteiger partial charge in [0.25, 0.3) is 5.91 Å². The van der Waals surface area contributed by atoms with Gasteiger partial charge in [0, 0.05) is 43.7 Å². The number of nitrogens with zero attached hydrogens (tertiary/aromatic N) is 3. The van der Waals surface area contributed by atoms with Gasteiger partial charge < -0.3 is 9.80 Å². The fraction of sp³-hybridized carbons (Fsp3) is 0.750. The lowest BCUT2D eigenvalue weighted by Gasteiger charge is -2.48. The summed E-state index contributed by atoms with van der Waals surface area (Å²) in [4.78, 5) is 29.4. The maximum absolute atomic E-state index is 13.0. The molecule has 1 aromatic rings. The second-order valence-electron chi connectivity index (χ2n) is 8.44. The molecule has 1 unspecified atom stereocenters. The SMILES string of the molecule is CCc1[nH]ncc1C(=O)N1CCCC2(CCC(=O)N(CCC(C)C)C2)C1. The minimum absolute atomic E-state index is 0.0644. The number of carbonyl (C=O) groups excluding carboxylic acids is 2. The van der Waals surface area contributed by atoms with Crippen LogP contribution >= 0.6 is 0 Å². The van der Waals surface area contributed by atoms with Crippen molar-refractivity contribution in [2.45, 2.75) is 59.3 Å². The van der Waals surface area contributed by atoms with Crippen molar-refractivity contribution in [3.8, 4) is 0 Å². The highest BCUT2D eigenvalue weighted by molar-refractivity contribution is 5.95. The number of nitrogens with one attached hydrogen (secondary N) is 1. The van der Waals surface area contributed by atoms with Crippen LogP contribution in [0.4, 0.5) is 0 Å². The summed E-state index contributed by atoms with van der Waals surface area (Å²) in [6, 6.07) is 0. The van der Waals surface area contributed by atoms with Crippen molar-refractivity contribution < 1.29 is 9.59 Å². The number of likely N-dealkylation sites (tertiary alicyclic amines) is 2. The maximum Gasteiger partial charge on any atom is 0.257 e. The Morgan fingerprint density at radius 1 is 1.35 bits per heavy atom. The van der Waals surface area contributed by atoms with Crippen LogP contribution in [0.1, 0.15) is 68.9 Å². The molecule has 3 heterocycles.